The molecule has 0 aliphatic rings. The first-order chi connectivity index (χ1) is 10.6. The second-order valence-corrected chi connectivity index (χ2v) is 6.23. The lowest BCUT2D eigenvalue weighted by Crippen LogP contribution is -3.06. The molecule has 0 saturated carbocycles. The first kappa shape index (κ1) is 15.1. The number of nitrogens with zero attached hydrogens (tertiary/aromatic N) is 2. The second kappa shape index (κ2) is 6.51. The van der Waals surface area contributed by atoms with Gasteiger partial charge in [0.1, 0.15) is 12.4 Å². The molecule has 0 spiro atoms. The van der Waals surface area contributed by atoms with E-state index in [4.69, 9.17) is 16.6 Å². The van der Waals surface area contributed by atoms with Crippen LogP contribution in [-0.2, 0) is 13.2 Å². The van der Waals surface area contributed by atoms with Crippen LogP contribution in [0, 0.1) is 10.7 Å². The van der Waals surface area contributed by atoms with Crippen molar-refractivity contribution in [2.45, 2.75) is 13.2 Å². The molecule has 0 bridgehead atoms. The predicted molar refractivity (Wildman–Crippen MR) is 85.6 cm³/mol. The zero-order valence-electron chi connectivity index (χ0n) is 12.0. The average Bonchev–Trinajstić information content (AvgIpc) is 3.10. The van der Waals surface area contributed by atoms with E-state index >= 15 is 0 Å². The van der Waals surface area contributed by atoms with Crippen LogP contribution in [0.3, 0.4) is 0 Å². The lowest BCUT2D eigenvalue weighted by molar-refractivity contribution is -0.917. The zero-order chi connectivity index (χ0) is 15.5. The first-order valence-electron chi connectivity index (χ1n) is 6.78. The minimum atomic E-state index is -0.290. The molecular weight excluding hydrogens is 321 g/mol. The minimum absolute atomic E-state index is 0.290. The molecule has 2 aromatic heterocycles. The second-order valence-electron chi connectivity index (χ2n) is 5.10. The Labute approximate surface area is 136 Å². The lowest BCUT2D eigenvalue weighted by atomic mass is 10.2. The summed E-state index contributed by atoms with van der Waals surface area (Å²) in [5.74, 6) is 0.120. The quantitative estimate of drug-likeness (QED) is 0.728. The van der Waals surface area contributed by atoms with Gasteiger partial charge in [0.25, 0.3) is 4.84 Å². The molecule has 1 atom stereocenters. The molecule has 114 valence electrons. The molecule has 1 N–H and O–H groups in total. The zero-order valence-corrected chi connectivity index (χ0v) is 13.6. The van der Waals surface area contributed by atoms with Crippen LogP contribution in [0.4, 0.5) is 4.39 Å². The highest BCUT2D eigenvalue weighted by Crippen LogP contribution is 2.17. The van der Waals surface area contributed by atoms with Crippen LogP contribution >= 0.6 is 23.6 Å². The van der Waals surface area contributed by atoms with E-state index in [1.54, 1.807) is 28.2 Å². The van der Waals surface area contributed by atoms with Crippen molar-refractivity contribution in [2.75, 3.05) is 7.05 Å². The van der Waals surface area contributed by atoms with Gasteiger partial charge >= 0.3 is 0 Å². The molecule has 0 aliphatic heterocycles. The number of rotatable bonds is 5. The van der Waals surface area contributed by atoms with Gasteiger partial charge in [-0.3, -0.25) is 0 Å². The number of thiophene rings is 1. The molecule has 3 aromatic rings. The van der Waals surface area contributed by atoms with E-state index in [1.807, 2.05) is 0 Å². The molecule has 4 nitrogen and oxygen atoms in total. The molecule has 2 heterocycles. The molecule has 0 saturated heterocycles. The summed E-state index contributed by atoms with van der Waals surface area (Å²) < 4.78 is 20.1. The maximum absolute atomic E-state index is 13.0. The first-order valence-corrected chi connectivity index (χ1v) is 8.13. The number of aromatic nitrogens is 2. The Morgan fingerprint density at radius 3 is 2.77 bits per heavy atom. The summed E-state index contributed by atoms with van der Waals surface area (Å²) in [6.45, 7) is 1.50. The van der Waals surface area contributed by atoms with Crippen LogP contribution in [0.15, 0.2) is 45.5 Å². The van der Waals surface area contributed by atoms with Crippen molar-refractivity contribution in [1.82, 2.24) is 9.78 Å². The minimum Gasteiger partial charge on any atom is -0.409 e. The van der Waals surface area contributed by atoms with Gasteiger partial charge in [-0.2, -0.15) is 16.0 Å². The van der Waals surface area contributed by atoms with E-state index in [1.165, 1.54) is 22.6 Å². The van der Waals surface area contributed by atoms with Gasteiger partial charge in [0, 0.05) is 11.1 Å². The van der Waals surface area contributed by atoms with Crippen molar-refractivity contribution >= 4 is 23.6 Å². The Hall–Kier alpha value is -1.83. The number of nitrogens with one attached hydrogen (secondary N) is 1. The fraction of sp³-hybridized carbons (Fsp3) is 0.200. The maximum atomic E-state index is 13.0. The van der Waals surface area contributed by atoms with Crippen molar-refractivity contribution in [2.24, 2.45) is 0 Å². The average molecular weight is 336 g/mol. The van der Waals surface area contributed by atoms with Crippen LogP contribution in [0.25, 0.3) is 11.5 Å². The standard InChI is InChI=1S/C15H14FN3OS2/c1-18(8-11-6-7-22-9-11)10-19-15(21)20-14(17-19)12-2-4-13(16)5-3-12/h2-7,9H,8,10H2,1H3/p+1. The van der Waals surface area contributed by atoms with Gasteiger partial charge in [0.15, 0.2) is 6.67 Å². The summed E-state index contributed by atoms with van der Waals surface area (Å²) in [6, 6.07) is 8.12. The van der Waals surface area contributed by atoms with Crippen LogP contribution < -0.4 is 4.90 Å². The van der Waals surface area contributed by atoms with Crippen molar-refractivity contribution in [1.29, 1.82) is 0 Å². The van der Waals surface area contributed by atoms with Crippen LogP contribution in [-0.4, -0.2) is 16.8 Å². The fourth-order valence-corrected chi connectivity index (χ4v) is 3.02. The molecular formula is C15H15FN3OS2+. The van der Waals surface area contributed by atoms with Crippen LogP contribution in [0.1, 0.15) is 5.56 Å². The highest BCUT2D eigenvalue weighted by Gasteiger charge is 2.12. The van der Waals surface area contributed by atoms with Gasteiger partial charge in [0.05, 0.1) is 7.05 Å². The molecule has 0 aliphatic carbocycles. The molecule has 0 amide bonds. The number of halogens is 1. The molecule has 1 unspecified atom stereocenters. The van der Waals surface area contributed by atoms with Crippen molar-refractivity contribution in [3.63, 3.8) is 0 Å². The predicted octanol–water partition coefficient (Wildman–Crippen LogP) is 2.75. The number of quaternary nitrogens is 1. The Kier molecular flexibility index (Phi) is 4.47. The van der Waals surface area contributed by atoms with E-state index in [-0.39, 0.29) is 5.82 Å². The van der Waals surface area contributed by atoms with Gasteiger partial charge in [-0.1, -0.05) is 0 Å². The molecule has 1 aromatic carbocycles. The third-order valence-electron chi connectivity index (χ3n) is 3.20. The summed E-state index contributed by atoms with van der Waals surface area (Å²) in [5, 5.41) is 8.59. The van der Waals surface area contributed by atoms with Gasteiger partial charge in [0.2, 0.25) is 5.89 Å². The number of hydrogen-bond donors (Lipinski definition) is 1. The summed E-state index contributed by atoms with van der Waals surface area (Å²) in [7, 11) is 2.08. The van der Waals surface area contributed by atoms with Crippen LogP contribution in [0.5, 0.6) is 0 Å². The lowest BCUT2D eigenvalue weighted by Gasteiger charge is -2.11. The highest BCUT2D eigenvalue weighted by atomic mass is 32.1. The van der Waals surface area contributed by atoms with Crippen molar-refractivity contribution in [3.8, 4) is 11.5 Å². The Morgan fingerprint density at radius 2 is 2.09 bits per heavy atom. The molecule has 22 heavy (non-hydrogen) atoms. The van der Waals surface area contributed by atoms with Gasteiger partial charge in [-0.05, 0) is 53.3 Å². The van der Waals surface area contributed by atoms with E-state index in [2.05, 4.69) is 29.0 Å². The third-order valence-corrected chi connectivity index (χ3v) is 4.23. The summed E-state index contributed by atoms with van der Waals surface area (Å²) >= 11 is 6.90. The Balaban J connectivity index is 1.75. The maximum Gasteiger partial charge on any atom is 0.292 e. The van der Waals surface area contributed by atoms with E-state index < -0.39 is 0 Å². The topological polar surface area (TPSA) is 35.4 Å². The molecule has 0 radical (unpaired) electrons. The molecule has 7 heteroatoms. The summed E-state index contributed by atoms with van der Waals surface area (Å²) in [4.78, 5) is 1.57. The summed E-state index contributed by atoms with van der Waals surface area (Å²) in [5.41, 5.74) is 2.00. The number of benzene rings is 1. The van der Waals surface area contributed by atoms with Crippen molar-refractivity contribution < 1.29 is 13.7 Å². The molecule has 3 rings (SSSR count). The van der Waals surface area contributed by atoms with Crippen molar-refractivity contribution in [3.05, 3.63) is 57.3 Å². The van der Waals surface area contributed by atoms with E-state index in [0.29, 0.717) is 23.0 Å². The fourth-order valence-electron chi connectivity index (χ4n) is 2.17. The third kappa shape index (κ3) is 3.49. The van der Waals surface area contributed by atoms with E-state index in [0.717, 1.165) is 6.54 Å². The SMILES string of the molecule is C[NH+](Cc1ccsc1)Cn1nc(-c2ccc(F)cc2)oc1=S. The summed E-state index contributed by atoms with van der Waals surface area (Å²) in [6.07, 6.45) is 0. The highest BCUT2D eigenvalue weighted by molar-refractivity contribution is 7.71. The monoisotopic (exact) mass is 336 g/mol. The van der Waals surface area contributed by atoms with Gasteiger partial charge in [-0.15, -0.1) is 5.10 Å². The normalized spacial score (nSPS) is 12.5. The molecule has 0 fully saturated rings. The van der Waals surface area contributed by atoms with Gasteiger partial charge < -0.3 is 9.32 Å². The Bertz CT molecular complexity index is 793. The number of hydrogen-bond acceptors (Lipinski definition) is 4. The Morgan fingerprint density at radius 1 is 1.32 bits per heavy atom. The van der Waals surface area contributed by atoms with Gasteiger partial charge in [-0.25, -0.2) is 4.39 Å². The van der Waals surface area contributed by atoms with E-state index in [9.17, 15) is 4.39 Å². The van der Waals surface area contributed by atoms with Crippen LogP contribution in [0.2, 0.25) is 0 Å². The smallest absolute Gasteiger partial charge is 0.292 e. The largest absolute Gasteiger partial charge is 0.409 e.